The standard InChI is InChI=1S/C20H32O4Si2.2ClH.Zr/c1-16(17-10-8-12-19(17)21-14-23-25(2,3)4)18-11-9-13-20(18)22-15-24-26(5,6)7;;;/h10-11,16H,8-9,14-15H2,1-7H3;2*1H;/q-2;;;+4/p-2. The van der Waals surface area contributed by atoms with Gasteiger partial charge in [-0.05, 0) is 50.8 Å². The molecule has 0 aromatic carbocycles. The molecule has 0 aromatic heterocycles. The Morgan fingerprint density at radius 1 is 0.793 bits per heavy atom. The van der Waals surface area contributed by atoms with E-state index in [1.807, 2.05) is 0 Å². The smallest absolute Gasteiger partial charge is 1.00 e. The molecule has 0 spiro atoms. The normalized spacial score (nSPS) is 16.0. The molecule has 0 amide bonds. The molecular weight excluding hydrogens is 523 g/mol. The van der Waals surface area contributed by atoms with Crippen LogP contribution >= 0.6 is 0 Å². The summed E-state index contributed by atoms with van der Waals surface area (Å²) in [5.74, 6) is 1.78. The van der Waals surface area contributed by atoms with Crippen molar-refractivity contribution in [3.8, 4) is 0 Å². The zero-order valence-electron chi connectivity index (χ0n) is 18.4. The molecule has 0 fully saturated rings. The maximum Gasteiger partial charge on any atom is 4.00 e. The quantitative estimate of drug-likeness (QED) is 0.204. The van der Waals surface area contributed by atoms with E-state index in [-0.39, 0.29) is 70.5 Å². The summed E-state index contributed by atoms with van der Waals surface area (Å²) < 4.78 is 23.4. The first-order valence-electron chi connectivity index (χ1n) is 9.23. The second kappa shape index (κ2) is 13.7. The number of hydrogen-bond donors (Lipinski definition) is 0. The molecule has 0 saturated heterocycles. The van der Waals surface area contributed by atoms with Crippen LogP contribution in [0.25, 0.3) is 0 Å². The first-order chi connectivity index (χ1) is 12.1. The van der Waals surface area contributed by atoms with Gasteiger partial charge in [0.15, 0.2) is 30.2 Å². The van der Waals surface area contributed by atoms with E-state index in [4.69, 9.17) is 18.3 Å². The summed E-state index contributed by atoms with van der Waals surface area (Å²) >= 11 is 0. The third kappa shape index (κ3) is 11.0. The number of allylic oxidation sites excluding steroid dienone is 6. The van der Waals surface area contributed by atoms with Crippen LogP contribution in [0.2, 0.25) is 39.3 Å². The van der Waals surface area contributed by atoms with Gasteiger partial charge in [0.1, 0.15) is 0 Å². The average Bonchev–Trinajstić information content (AvgIpc) is 3.13. The van der Waals surface area contributed by atoms with Crippen LogP contribution in [0.1, 0.15) is 19.8 Å². The first-order valence-corrected chi connectivity index (χ1v) is 16.0. The molecule has 0 aromatic rings. The van der Waals surface area contributed by atoms with Crippen LogP contribution in [0.5, 0.6) is 0 Å². The van der Waals surface area contributed by atoms with Gasteiger partial charge in [0, 0.05) is 0 Å². The molecule has 0 saturated carbocycles. The van der Waals surface area contributed by atoms with E-state index >= 15 is 0 Å². The second-order valence-corrected chi connectivity index (χ2v) is 17.5. The topological polar surface area (TPSA) is 36.9 Å². The molecule has 2 aliphatic carbocycles. The molecule has 9 heteroatoms. The van der Waals surface area contributed by atoms with Crippen molar-refractivity contribution in [2.45, 2.75) is 59.0 Å². The molecule has 0 radical (unpaired) electrons. The van der Waals surface area contributed by atoms with E-state index in [1.165, 1.54) is 0 Å². The fraction of sp³-hybridized carbons (Fsp3) is 0.600. The van der Waals surface area contributed by atoms with Crippen LogP contribution in [0.3, 0.4) is 0 Å². The minimum atomic E-state index is -1.59. The van der Waals surface area contributed by atoms with Gasteiger partial charge in [-0.15, -0.1) is 18.8 Å². The van der Waals surface area contributed by atoms with Crippen LogP contribution < -0.4 is 24.8 Å². The zero-order chi connectivity index (χ0) is 19.4. The van der Waals surface area contributed by atoms with Gasteiger partial charge in [-0.25, -0.2) is 12.2 Å². The van der Waals surface area contributed by atoms with Crippen LogP contribution in [0.4, 0.5) is 0 Å². The molecule has 0 atom stereocenters. The third-order valence-corrected chi connectivity index (χ3v) is 5.98. The van der Waals surface area contributed by atoms with Crippen molar-refractivity contribution in [3.05, 3.63) is 47.0 Å². The van der Waals surface area contributed by atoms with Crippen LogP contribution in [0.15, 0.2) is 34.8 Å². The van der Waals surface area contributed by atoms with Crippen molar-refractivity contribution in [2.24, 2.45) is 5.92 Å². The zero-order valence-corrected chi connectivity index (χ0v) is 24.4. The molecule has 0 heterocycles. The molecule has 2 aliphatic rings. The van der Waals surface area contributed by atoms with Crippen molar-refractivity contribution in [3.63, 3.8) is 0 Å². The van der Waals surface area contributed by atoms with Gasteiger partial charge in [0.25, 0.3) is 0 Å². The van der Waals surface area contributed by atoms with Crippen LogP contribution in [-0.2, 0) is 44.5 Å². The molecule has 4 nitrogen and oxygen atoms in total. The van der Waals surface area contributed by atoms with Crippen molar-refractivity contribution in [1.82, 2.24) is 0 Å². The van der Waals surface area contributed by atoms with Crippen LogP contribution in [-0.4, -0.2) is 30.2 Å². The molecule has 0 unspecified atom stereocenters. The number of halogens is 2. The molecule has 162 valence electrons. The summed E-state index contributed by atoms with van der Waals surface area (Å²) in [4.78, 5) is 0. The summed E-state index contributed by atoms with van der Waals surface area (Å²) in [5, 5.41) is 0. The van der Waals surface area contributed by atoms with E-state index in [2.05, 4.69) is 70.5 Å². The number of hydrogen-bond acceptors (Lipinski definition) is 4. The van der Waals surface area contributed by atoms with E-state index in [1.54, 1.807) is 0 Å². The monoisotopic (exact) mass is 552 g/mol. The van der Waals surface area contributed by atoms with Gasteiger partial charge in [-0.2, -0.15) is 23.3 Å². The molecular formula is C20H32Cl2O4Si2Zr. The fourth-order valence-corrected chi connectivity index (χ4v) is 3.44. The summed E-state index contributed by atoms with van der Waals surface area (Å²) in [6.07, 6.45) is 12.5. The van der Waals surface area contributed by atoms with Gasteiger partial charge in [0.05, 0.1) is 0 Å². The van der Waals surface area contributed by atoms with E-state index in [9.17, 15) is 0 Å². The summed E-state index contributed by atoms with van der Waals surface area (Å²) in [6, 6.07) is 0. The van der Waals surface area contributed by atoms with Crippen molar-refractivity contribution in [1.29, 1.82) is 0 Å². The predicted octanol–water partition coefficient (Wildman–Crippen LogP) is -0.686. The Morgan fingerprint density at radius 3 is 1.45 bits per heavy atom. The number of ether oxygens (including phenoxy) is 2. The Labute approximate surface area is 210 Å². The number of rotatable bonds is 10. The van der Waals surface area contributed by atoms with Crippen molar-refractivity contribution < 1.29 is 69.3 Å². The Bertz CT molecular complexity index is 581. The first kappa shape index (κ1) is 31.6. The molecule has 0 N–H and O–H groups in total. The fourth-order valence-electron chi connectivity index (χ4n) is 2.61. The summed E-state index contributed by atoms with van der Waals surface area (Å²) in [7, 11) is -3.17. The molecule has 29 heavy (non-hydrogen) atoms. The minimum Gasteiger partial charge on any atom is -1.00 e. The van der Waals surface area contributed by atoms with Crippen LogP contribution in [0, 0.1) is 18.1 Å². The van der Waals surface area contributed by atoms with Crippen molar-refractivity contribution in [2.75, 3.05) is 13.6 Å². The van der Waals surface area contributed by atoms with E-state index in [0.717, 1.165) is 35.5 Å². The van der Waals surface area contributed by atoms with Gasteiger partial charge in [-0.3, -0.25) is 0 Å². The maximum atomic E-state index is 5.87. The summed E-state index contributed by atoms with van der Waals surface area (Å²) in [6.45, 7) is 15.7. The Hall–Kier alpha value is 0.377. The van der Waals surface area contributed by atoms with Gasteiger partial charge in [-0.1, -0.05) is 6.92 Å². The predicted molar refractivity (Wildman–Crippen MR) is 109 cm³/mol. The Balaban J connectivity index is 0. The van der Waals surface area contributed by atoms with Gasteiger partial charge in [0.2, 0.25) is 0 Å². The minimum absolute atomic E-state index is 0. The van der Waals surface area contributed by atoms with Crippen molar-refractivity contribution >= 4 is 16.6 Å². The third-order valence-electron chi connectivity index (χ3n) is 4.02. The average molecular weight is 555 g/mol. The maximum absolute atomic E-state index is 5.87. The largest absolute Gasteiger partial charge is 4.00 e. The molecule has 0 bridgehead atoms. The Morgan fingerprint density at radius 2 is 1.14 bits per heavy atom. The Kier molecular flexibility index (Phi) is 14.9. The van der Waals surface area contributed by atoms with Gasteiger partial charge >= 0.3 is 26.2 Å². The van der Waals surface area contributed by atoms with E-state index in [0.29, 0.717) is 0 Å². The SMILES string of the molecule is CC(C1=CC[C-]=C1OCO[Si](C)(C)C)C1=CC[C-]=C1OCO[Si](C)(C)C.[Cl-].[Cl-].[Zr+4]. The van der Waals surface area contributed by atoms with E-state index < -0.39 is 16.6 Å². The molecule has 0 aliphatic heterocycles. The second-order valence-electron chi connectivity index (χ2n) is 8.50. The summed E-state index contributed by atoms with van der Waals surface area (Å²) in [5.41, 5.74) is 2.29. The van der Waals surface area contributed by atoms with Gasteiger partial charge < -0.3 is 43.1 Å². The molecule has 2 rings (SSSR count).